The number of aryl methyl sites for hydroxylation is 1. The van der Waals surface area contributed by atoms with Crippen LogP contribution in [0.2, 0.25) is 0 Å². The van der Waals surface area contributed by atoms with Gasteiger partial charge in [-0.1, -0.05) is 29.8 Å². The molecule has 0 unspecified atom stereocenters. The van der Waals surface area contributed by atoms with Crippen molar-refractivity contribution in [2.75, 3.05) is 27.2 Å². The summed E-state index contributed by atoms with van der Waals surface area (Å²) < 4.78 is 5.28. The molecule has 0 radical (unpaired) electrons. The van der Waals surface area contributed by atoms with E-state index in [1.165, 1.54) is 14.7 Å². The van der Waals surface area contributed by atoms with E-state index >= 15 is 0 Å². The number of hydrogen-bond acceptors (Lipinski definition) is 4. The predicted octanol–water partition coefficient (Wildman–Crippen LogP) is 2.04. The van der Waals surface area contributed by atoms with Gasteiger partial charge in [0.1, 0.15) is 12.3 Å². The van der Waals surface area contributed by atoms with Crippen molar-refractivity contribution in [2.45, 2.75) is 19.5 Å². The molecule has 0 spiro atoms. The Labute approximate surface area is 174 Å². The van der Waals surface area contributed by atoms with Crippen LogP contribution >= 0.6 is 0 Å². The Morgan fingerprint density at radius 1 is 1.23 bits per heavy atom. The van der Waals surface area contributed by atoms with Gasteiger partial charge in [0.25, 0.3) is 5.91 Å². The summed E-state index contributed by atoms with van der Waals surface area (Å²) in [7, 11) is 3.31. The molecule has 0 saturated heterocycles. The Hall–Kier alpha value is -3.55. The SMILES string of the molecule is Cc1ccc([C@H]2NC(=O)N(C)C3=C2C(=O)N(CC(=O)N(C)Cc2ccco2)C3)cc1. The second-order valence-corrected chi connectivity index (χ2v) is 7.70. The van der Waals surface area contributed by atoms with E-state index in [0.29, 0.717) is 23.6 Å². The summed E-state index contributed by atoms with van der Waals surface area (Å²) in [6.07, 6.45) is 1.56. The van der Waals surface area contributed by atoms with Crippen molar-refractivity contribution in [3.05, 3.63) is 70.8 Å². The molecule has 2 aromatic rings. The van der Waals surface area contributed by atoms with Gasteiger partial charge in [0.05, 0.1) is 36.7 Å². The largest absolute Gasteiger partial charge is 0.467 e. The van der Waals surface area contributed by atoms with Crippen LogP contribution in [0.4, 0.5) is 4.79 Å². The highest BCUT2D eigenvalue weighted by atomic mass is 16.3. The summed E-state index contributed by atoms with van der Waals surface area (Å²) in [6.45, 7) is 2.47. The van der Waals surface area contributed by atoms with Crippen molar-refractivity contribution >= 4 is 17.8 Å². The van der Waals surface area contributed by atoms with Crippen molar-refractivity contribution in [1.82, 2.24) is 20.0 Å². The molecule has 4 rings (SSSR count). The van der Waals surface area contributed by atoms with Crippen molar-refractivity contribution in [2.24, 2.45) is 0 Å². The number of hydrogen-bond donors (Lipinski definition) is 1. The lowest BCUT2D eigenvalue weighted by Crippen LogP contribution is -2.45. The number of furan rings is 1. The van der Waals surface area contributed by atoms with E-state index in [1.54, 1.807) is 32.5 Å². The summed E-state index contributed by atoms with van der Waals surface area (Å²) in [6, 6.07) is 10.5. The average Bonchev–Trinajstić information content (AvgIpc) is 3.34. The Kier molecular flexibility index (Phi) is 5.07. The molecule has 30 heavy (non-hydrogen) atoms. The van der Waals surface area contributed by atoms with Crippen LogP contribution in [0.5, 0.6) is 0 Å². The first kappa shape index (κ1) is 19.8. The first-order valence-corrected chi connectivity index (χ1v) is 9.74. The fourth-order valence-electron chi connectivity index (χ4n) is 3.77. The zero-order valence-corrected chi connectivity index (χ0v) is 17.2. The number of nitrogens with one attached hydrogen (secondary N) is 1. The molecule has 1 aromatic carbocycles. The number of rotatable bonds is 5. The number of amides is 4. The highest BCUT2D eigenvalue weighted by Gasteiger charge is 2.43. The minimum absolute atomic E-state index is 0.0638. The van der Waals surface area contributed by atoms with E-state index in [4.69, 9.17) is 4.42 Å². The fourth-order valence-corrected chi connectivity index (χ4v) is 3.77. The van der Waals surface area contributed by atoms with E-state index < -0.39 is 6.04 Å². The van der Waals surface area contributed by atoms with E-state index in [1.807, 2.05) is 31.2 Å². The van der Waals surface area contributed by atoms with Crippen molar-refractivity contribution in [3.8, 4) is 0 Å². The third-order valence-electron chi connectivity index (χ3n) is 5.57. The molecule has 0 saturated carbocycles. The summed E-state index contributed by atoms with van der Waals surface area (Å²) in [5, 5.41) is 2.90. The molecule has 156 valence electrons. The van der Waals surface area contributed by atoms with E-state index in [9.17, 15) is 14.4 Å². The standard InChI is InChI=1S/C22H24N4O4/c1-14-6-8-15(9-7-14)20-19-17(25(3)22(29)23-20)12-26(21(19)28)13-18(27)24(2)11-16-5-4-10-30-16/h4-10,20H,11-13H2,1-3H3,(H,23,29)/t20-/m1/s1. The average molecular weight is 408 g/mol. The zero-order valence-electron chi connectivity index (χ0n) is 17.2. The Morgan fingerprint density at radius 2 is 1.97 bits per heavy atom. The zero-order chi connectivity index (χ0) is 21.4. The lowest BCUT2D eigenvalue weighted by atomic mass is 9.95. The maximum Gasteiger partial charge on any atom is 0.322 e. The number of carbonyl (C=O) groups excluding carboxylic acids is 3. The molecular formula is C22H24N4O4. The second-order valence-electron chi connectivity index (χ2n) is 7.70. The van der Waals surface area contributed by atoms with Crippen LogP contribution in [-0.4, -0.2) is 59.7 Å². The van der Waals surface area contributed by atoms with Gasteiger partial charge in [-0.05, 0) is 24.6 Å². The molecule has 8 nitrogen and oxygen atoms in total. The summed E-state index contributed by atoms with van der Waals surface area (Å²) in [5.41, 5.74) is 3.08. The monoisotopic (exact) mass is 408 g/mol. The second kappa shape index (κ2) is 7.70. The molecule has 1 aromatic heterocycles. The molecule has 4 amide bonds. The Morgan fingerprint density at radius 3 is 2.63 bits per heavy atom. The third-order valence-corrected chi connectivity index (χ3v) is 5.57. The van der Waals surface area contributed by atoms with Crippen molar-refractivity contribution < 1.29 is 18.8 Å². The van der Waals surface area contributed by atoms with Crippen LogP contribution in [0.1, 0.15) is 22.9 Å². The molecule has 0 bridgehead atoms. The molecule has 1 N–H and O–H groups in total. The predicted molar refractivity (Wildman–Crippen MR) is 109 cm³/mol. The lowest BCUT2D eigenvalue weighted by molar-refractivity contribution is -0.137. The molecule has 2 aliphatic heterocycles. The van der Waals surface area contributed by atoms with Gasteiger partial charge in [-0.3, -0.25) is 14.5 Å². The van der Waals surface area contributed by atoms with Crippen LogP contribution in [0, 0.1) is 6.92 Å². The molecule has 1 atom stereocenters. The third kappa shape index (κ3) is 3.56. The number of nitrogens with zero attached hydrogens (tertiary/aromatic N) is 3. The Balaban J connectivity index is 1.53. The molecule has 0 aliphatic carbocycles. The van der Waals surface area contributed by atoms with Gasteiger partial charge < -0.3 is 19.5 Å². The quantitative estimate of drug-likeness (QED) is 0.820. The van der Waals surface area contributed by atoms with Crippen LogP contribution < -0.4 is 5.32 Å². The highest BCUT2D eigenvalue weighted by molar-refractivity contribution is 6.02. The van der Waals surface area contributed by atoms with Gasteiger partial charge in [0, 0.05) is 14.1 Å². The smallest absolute Gasteiger partial charge is 0.322 e. The molecule has 0 fully saturated rings. The molecule has 2 aliphatic rings. The topological polar surface area (TPSA) is 86.1 Å². The summed E-state index contributed by atoms with van der Waals surface area (Å²) in [4.78, 5) is 42.8. The number of urea groups is 1. The van der Waals surface area contributed by atoms with Gasteiger partial charge in [-0.25, -0.2) is 4.79 Å². The number of carbonyl (C=O) groups is 3. The molecule has 3 heterocycles. The Bertz CT molecular complexity index is 1010. The maximum absolute atomic E-state index is 13.2. The normalized spacial score (nSPS) is 18.6. The minimum Gasteiger partial charge on any atom is -0.467 e. The number of likely N-dealkylation sites (N-methyl/N-ethyl adjacent to an activating group) is 2. The van der Waals surface area contributed by atoms with E-state index in [2.05, 4.69) is 5.32 Å². The first-order valence-electron chi connectivity index (χ1n) is 9.74. The van der Waals surface area contributed by atoms with Gasteiger partial charge in [0.15, 0.2) is 0 Å². The summed E-state index contributed by atoms with van der Waals surface area (Å²) >= 11 is 0. The number of benzene rings is 1. The van der Waals surface area contributed by atoms with Gasteiger partial charge in [0.2, 0.25) is 5.91 Å². The van der Waals surface area contributed by atoms with Crippen LogP contribution in [0.3, 0.4) is 0 Å². The molecular weight excluding hydrogens is 384 g/mol. The summed E-state index contributed by atoms with van der Waals surface area (Å²) in [5.74, 6) is 0.237. The van der Waals surface area contributed by atoms with Crippen LogP contribution in [-0.2, 0) is 16.1 Å². The van der Waals surface area contributed by atoms with Crippen molar-refractivity contribution in [3.63, 3.8) is 0 Å². The minimum atomic E-state index is -0.530. The van der Waals surface area contributed by atoms with E-state index in [0.717, 1.165) is 11.1 Å². The fraction of sp³-hybridized carbons (Fsp3) is 0.318. The van der Waals surface area contributed by atoms with Gasteiger partial charge >= 0.3 is 6.03 Å². The van der Waals surface area contributed by atoms with Crippen LogP contribution in [0.25, 0.3) is 0 Å². The maximum atomic E-state index is 13.2. The lowest BCUT2D eigenvalue weighted by Gasteiger charge is -2.31. The van der Waals surface area contributed by atoms with Crippen LogP contribution in [0.15, 0.2) is 58.3 Å². The van der Waals surface area contributed by atoms with Gasteiger partial charge in [-0.15, -0.1) is 0 Å². The first-order chi connectivity index (χ1) is 14.3. The van der Waals surface area contributed by atoms with Gasteiger partial charge in [-0.2, -0.15) is 0 Å². The highest BCUT2D eigenvalue weighted by Crippen LogP contribution is 2.35. The molecule has 8 heteroatoms. The van der Waals surface area contributed by atoms with Crippen molar-refractivity contribution in [1.29, 1.82) is 0 Å². The van der Waals surface area contributed by atoms with E-state index in [-0.39, 0.29) is 30.9 Å².